The standard InChI is InChI=1S/C8H12N4O4/c9-6-5(11-16-12-6)7(13)10-3-8(14)1-2-15-4-8/h14H,1-4H2,(H2,9,12)(H,10,13). The van der Waals surface area contributed by atoms with Crippen LogP contribution in [0.2, 0.25) is 0 Å². The molecular formula is C8H12N4O4. The van der Waals surface area contributed by atoms with Crippen molar-refractivity contribution in [2.45, 2.75) is 12.0 Å². The second kappa shape index (κ2) is 4.06. The monoisotopic (exact) mass is 228 g/mol. The second-order valence-electron chi connectivity index (χ2n) is 3.71. The number of hydrogen-bond acceptors (Lipinski definition) is 7. The quantitative estimate of drug-likeness (QED) is 0.577. The van der Waals surface area contributed by atoms with Crippen LogP contribution >= 0.6 is 0 Å². The van der Waals surface area contributed by atoms with E-state index >= 15 is 0 Å². The molecule has 1 aromatic rings. The summed E-state index contributed by atoms with van der Waals surface area (Å²) < 4.78 is 9.32. The van der Waals surface area contributed by atoms with Gasteiger partial charge in [0.2, 0.25) is 11.5 Å². The smallest absolute Gasteiger partial charge is 0.277 e. The summed E-state index contributed by atoms with van der Waals surface area (Å²) in [5, 5.41) is 19.0. The van der Waals surface area contributed by atoms with Crippen molar-refractivity contribution in [2.75, 3.05) is 25.5 Å². The number of amides is 1. The molecule has 1 atom stereocenters. The Kier molecular flexibility index (Phi) is 2.75. The lowest BCUT2D eigenvalue weighted by Crippen LogP contribution is -2.43. The minimum atomic E-state index is -1.01. The van der Waals surface area contributed by atoms with Gasteiger partial charge in [0.15, 0.2) is 0 Å². The fourth-order valence-corrected chi connectivity index (χ4v) is 1.42. The molecule has 4 N–H and O–H groups in total. The van der Waals surface area contributed by atoms with E-state index in [2.05, 4.69) is 20.3 Å². The number of anilines is 1. The van der Waals surface area contributed by atoms with Crippen molar-refractivity contribution in [3.8, 4) is 0 Å². The number of ether oxygens (including phenoxy) is 1. The largest absolute Gasteiger partial charge is 0.386 e. The van der Waals surface area contributed by atoms with E-state index in [0.29, 0.717) is 13.0 Å². The average Bonchev–Trinajstić information content (AvgIpc) is 2.85. The summed E-state index contributed by atoms with van der Waals surface area (Å²) in [6.45, 7) is 0.776. The minimum absolute atomic E-state index is 0.0767. The predicted octanol–water partition coefficient (Wildman–Crippen LogP) is -1.47. The summed E-state index contributed by atoms with van der Waals surface area (Å²) in [5.41, 5.74) is 4.25. The highest BCUT2D eigenvalue weighted by Crippen LogP contribution is 2.17. The highest BCUT2D eigenvalue weighted by Gasteiger charge is 2.33. The number of nitrogens with one attached hydrogen (secondary N) is 1. The molecule has 1 aliphatic heterocycles. The van der Waals surface area contributed by atoms with Crippen molar-refractivity contribution in [3.05, 3.63) is 5.69 Å². The molecule has 1 saturated heterocycles. The Labute approximate surface area is 90.7 Å². The molecule has 0 bridgehead atoms. The highest BCUT2D eigenvalue weighted by atomic mass is 16.6. The van der Waals surface area contributed by atoms with E-state index in [4.69, 9.17) is 10.5 Å². The number of carbonyl (C=O) groups excluding carboxylic acids is 1. The first-order chi connectivity index (χ1) is 7.61. The van der Waals surface area contributed by atoms with E-state index in [1.165, 1.54) is 0 Å². The van der Waals surface area contributed by atoms with E-state index in [-0.39, 0.29) is 24.7 Å². The van der Waals surface area contributed by atoms with Gasteiger partial charge in [-0.25, -0.2) is 4.63 Å². The molecule has 1 unspecified atom stereocenters. The zero-order valence-electron chi connectivity index (χ0n) is 8.47. The maximum Gasteiger partial charge on any atom is 0.277 e. The third kappa shape index (κ3) is 2.12. The summed E-state index contributed by atoms with van der Waals surface area (Å²) in [7, 11) is 0. The van der Waals surface area contributed by atoms with Crippen LogP contribution in [0, 0.1) is 0 Å². The van der Waals surface area contributed by atoms with Gasteiger partial charge in [0, 0.05) is 19.6 Å². The van der Waals surface area contributed by atoms with Gasteiger partial charge in [-0.3, -0.25) is 4.79 Å². The van der Waals surface area contributed by atoms with Crippen molar-refractivity contribution < 1.29 is 19.3 Å². The van der Waals surface area contributed by atoms with E-state index < -0.39 is 11.5 Å². The number of rotatable bonds is 3. The number of carbonyl (C=O) groups is 1. The Balaban J connectivity index is 1.91. The zero-order chi connectivity index (χ0) is 11.6. The molecule has 0 spiro atoms. The molecule has 16 heavy (non-hydrogen) atoms. The molecule has 8 nitrogen and oxygen atoms in total. The van der Waals surface area contributed by atoms with Gasteiger partial charge in [-0.15, -0.1) is 0 Å². The maximum absolute atomic E-state index is 11.5. The van der Waals surface area contributed by atoms with Gasteiger partial charge in [-0.2, -0.15) is 0 Å². The Morgan fingerprint density at radius 3 is 3.00 bits per heavy atom. The first kappa shape index (κ1) is 10.8. The lowest BCUT2D eigenvalue weighted by atomic mass is 10.0. The van der Waals surface area contributed by atoms with Gasteiger partial charge in [0.1, 0.15) is 5.60 Å². The average molecular weight is 228 g/mol. The summed E-state index contributed by atoms with van der Waals surface area (Å²) in [5.74, 6) is -0.605. The van der Waals surface area contributed by atoms with Crippen LogP contribution in [0.25, 0.3) is 0 Å². The second-order valence-corrected chi connectivity index (χ2v) is 3.71. The first-order valence-corrected chi connectivity index (χ1v) is 4.77. The van der Waals surface area contributed by atoms with Crippen LogP contribution in [0.1, 0.15) is 16.9 Å². The van der Waals surface area contributed by atoms with E-state index in [1.54, 1.807) is 0 Å². The molecule has 1 aromatic heterocycles. The molecule has 1 fully saturated rings. The minimum Gasteiger partial charge on any atom is -0.386 e. The number of hydrogen-bond donors (Lipinski definition) is 3. The van der Waals surface area contributed by atoms with Gasteiger partial charge in [0.25, 0.3) is 5.91 Å². The number of aliphatic hydroxyl groups is 1. The van der Waals surface area contributed by atoms with E-state index in [9.17, 15) is 9.90 Å². The molecule has 0 radical (unpaired) electrons. The molecule has 0 aliphatic carbocycles. The van der Waals surface area contributed by atoms with Gasteiger partial charge in [-0.1, -0.05) is 0 Å². The first-order valence-electron chi connectivity index (χ1n) is 4.77. The van der Waals surface area contributed by atoms with Crippen LogP contribution in [0.3, 0.4) is 0 Å². The van der Waals surface area contributed by atoms with Crippen LogP contribution in [0.15, 0.2) is 4.63 Å². The van der Waals surface area contributed by atoms with Crippen LogP contribution in [0.5, 0.6) is 0 Å². The van der Waals surface area contributed by atoms with Crippen LogP contribution < -0.4 is 11.1 Å². The summed E-state index contributed by atoms with van der Waals surface area (Å²) in [6.07, 6.45) is 0.486. The van der Waals surface area contributed by atoms with Gasteiger partial charge in [0.05, 0.1) is 6.61 Å². The number of nitrogens with two attached hydrogens (primary N) is 1. The predicted molar refractivity (Wildman–Crippen MR) is 51.4 cm³/mol. The Morgan fingerprint density at radius 1 is 1.62 bits per heavy atom. The number of aromatic nitrogens is 2. The Bertz CT molecular complexity index is 385. The van der Waals surface area contributed by atoms with Crippen molar-refractivity contribution in [1.29, 1.82) is 0 Å². The molecule has 1 amide bonds. The molecule has 2 rings (SSSR count). The zero-order valence-corrected chi connectivity index (χ0v) is 8.47. The van der Waals surface area contributed by atoms with E-state index in [0.717, 1.165) is 0 Å². The molecule has 0 saturated carbocycles. The van der Waals surface area contributed by atoms with Crippen molar-refractivity contribution >= 4 is 11.7 Å². The molecule has 0 aromatic carbocycles. The highest BCUT2D eigenvalue weighted by molar-refractivity contribution is 5.95. The summed E-state index contributed by atoms with van der Waals surface area (Å²) in [4.78, 5) is 11.5. The molecule has 2 heterocycles. The SMILES string of the molecule is Nc1nonc1C(=O)NCC1(O)CCOC1. The summed E-state index contributed by atoms with van der Waals surface area (Å²) >= 11 is 0. The lowest BCUT2D eigenvalue weighted by molar-refractivity contribution is 0.0263. The Morgan fingerprint density at radius 2 is 2.44 bits per heavy atom. The Hall–Kier alpha value is -1.67. The molecule has 1 aliphatic rings. The van der Waals surface area contributed by atoms with Crippen LogP contribution in [0.4, 0.5) is 5.82 Å². The maximum atomic E-state index is 11.5. The molecule has 8 heteroatoms. The third-order valence-electron chi connectivity index (χ3n) is 2.39. The van der Waals surface area contributed by atoms with Crippen LogP contribution in [-0.2, 0) is 4.74 Å². The van der Waals surface area contributed by atoms with Crippen molar-refractivity contribution in [1.82, 2.24) is 15.6 Å². The van der Waals surface area contributed by atoms with Crippen LogP contribution in [-0.4, -0.2) is 46.7 Å². The van der Waals surface area contributed by atoms with Crippen molar-refractivity contribution in [2.24, 2.45) is 0 Å². The lowest BCUT2D eigenvalue weighted by Gasteiger charge is -2.19. The number of nitrogen functional groups attached to an aromatic ring is 1. The fourth-order valence-electron chi connectivity index (χ4n) is 1.42. The topological polar surface area (TPSA) is 124 Å². The van der Waals surface area contributed by atoms with E-state index in [1.807, 2.05) is 0 Å². The molecular weight excluding hydrogens is 216 g/mol. The fraction of sp³-hybridized carbons (Fsp3) is 0.625. The normalized spacial score (nSPS) is 24.6. The summed E-state index contributed by atoms with van der Waals surface area (Å²) in [6, 6.07) is 0. The van der Waals surface area contributed by atoms with Gasteiger partial charge < -0.3 is 20.9 Å². The van der Waals surface area contributed by atoms with Gasteiger partial charge >= 0.3 is 0 Å². The third-order valence-corrected chi connectivity index (χ3v) is 2.39. The number of nitrogens with zero attached hydrogens (tertiary/aromatic N) is 2. The van der Waals surface area contributed by atoms with Gasteiger partial charge in [-0.05, 0) is 10.3 Å². The van der Waals surface area contributed by atoms with Crippen molar-refractivity contribution in [3.63, 3.8) is 0 Å². The molecule has 88 valence electrons.